The van der Waals surface area contributed by atoms with E-state index in [1.54, 1.807) is 0 Å². The van der Waals surface area contributed by atoms with Crippen molar-refractivity contribution in [3.05, 3.63) is 11.7 Å². The standard InChI is InChI=1S/C11H17N3O2/c1-3-14-7-5-4-6-9(14)11-12-10(8(2)15)13-16-11/h9H,3-7H2,1-2H3. The number of rotatable bonds is 3. The third kappa shape index (κ3) is 2.14. The number of hydrogen-bond acceptors (Lipinski definition) is 5. The lowest BCUT2D eigenvalue weighted by atomic mass is 10.0. The molecular formula is C11H17N3O2. The van der Waals surface area contributed by atoms with Crippen molar-refractivity contribution in [1.82, 2.24) is 15.0 Å². The predicted octanol–water partition coefficient (Wildman–Crippen LogP) is 1.82. The lowest BCUT2D eigenvalue weighted by Crippen LogP contribution is -2.33. The van der Waals surface area contributed by atoms with Crippen molar-refractivity contribution in [3.8, 4) is 0 Å². The zero-order valence-electron chi connectivity index (χ0n) is 9.77. The van der Waals surface area contributed by atoms with Gasteiger partial charge in [-0.25, -0.2) is 0 Å². The summed E-state index contributed by atoms with van der Waals surface area (Å²) in [5, 5.41) is 3.70. The summed E-state index contributed by atoms with van der Waals surface area (Å²) in [4.78, 5) is 17.6. The molecule has 0 radical (unpaired) electrons. The quantitative estimate of drug-likeness (QED) is 0.731. The summed E-state index contributed by atoms with van der Waals surface area (Å²) in [6, 6.07) is 0.194. The van der Waals surface area contributed by atoms with Crippen LogP contribution in [0, 0.1) is 0 Å². The predicted molar refractivity (Wildman–Crippen MR) is 58.1 cm³/mol. The molecule has 1 aliphatic rings. The zero-order valence-corrected chi connectivity index (χ0v) is 9.77. The van der Waals surface area contributed by atoms with E-state index >= 15 is 0 Å². The van der Waals surface area contributed by atoms with Crippen LogP contribution in [-0.4, -0.2) is 33.9 Å². The van der Waals surface area contributed by atoms with Crippen LogP contribution in [0.5, 0.6) is 0 Å². The lowest BCUT2D eigenvalue weighted by molar-refractivity contribution is 0.100. The maximum absolute atomic E-state index is 11.1. The van der Waals surface area contributed by atoms with Crippen molar-refractivity contribution in [3.63, 3.8) is 0 Å². The minimum atomic E-state index is -0.145. The van der Waals surface area contributed by atoms with Gasteiger partial charge in [0.1, 0.15) is 0 Å². The van der Waals surface area contributed by atoms with Gasteiger partial charge in [0.25, 0.3) is 0 Å². The molecule has 5 heteroatoms. The van der Waals surface area contributed by atoms with Gasteiger partial charge in [0, 0.05) is 6.92 Å². The summed E-state index contributed by atoms with van der Waals surface area (Å²) in [6.07, 6.45) is 3.43. The molecule has 1 aliphatic heterocycles. The van der Waals surface area contributed by atoms with Gasteiger partial charge in [-0.1, -0.05) is 18.5 Å². The normalized spacial score (nSPS) is 22.2. The Labute approximate surface area is 94.8 Å². The summed E-state index contributed by atoms with van der Waals surface area (Å²) in [6.45, 7) is 5.62. The first-order valence-corrected chi connectivity index (χ1v) is 5.81. The summed E-state index contributed by atoms with van der Waals surface area (Å²) < 4.78 is 5.17. The number of nitrogens with zero attached hydrogens (tertiary/aromatic N) is 3. The third-order valence-corrected chi connectivity index (χ3v) is 3.06. The minimum absolute atomic E-state index is 0.145. The van der Waals surface area contributed by atoms with Crippen LogP contribution in [0.25, 0.3) is 0 Å². The van der Waals surface area contributed by atoms with Crippen molar-refractivity contribution in [2.45, 2.75) is 39.2 Å². The Morgan fingerprint density at radius 1 is 1.56 bits per heavy atom. The first-order chi connectivity index (χ1) is 7.72. The molecule has 0 amide bonds. The van der Waals surface area contributed by atoms with Gasteiger partial charge in [0.05, 0.1) is 6.04 Å². The molecule has 1 fully saturated rings. The number of likely N-dealkylation sites (tertiary alicyclic amines) is 1. The summed E-state index contributed by atoms with van der Waals surface area (Å²) in [5.74, 6) is 0.636. The number of Topliss-reactive ketones (excluding diaryl/α,β-unsaturated/α-hetero) is 1. The van der Waals surface area contributed by atoms with Crippen LogP contribution in [0.15, 0.2) is 4.52 Å². The van der Waals surface area contributed by atoms with Crippen LogP contribution >= 0.6 is 0 Å². The van der Waals surface area contributed by atoms with Gasteiger partial charge in [0.2, 0.25) is 17.5 Å². The Hall–Kier alpha value is -1.23. The van der Waals surface area contributed by atoms with Crippen LogP contribution in [-0.2, 0) is 0 Å². The van der Waals surface area contributed by atoms with E-state index in [1.807, 2.05) is 0 Å². The lowest BCUT2D eigenvalue weighted by Gasteiger charge is -2.32. The number of ketones is 1. The van der Waals surface area contributed by atoms with Crippen molar-refractivity contribution in [2.75, 3.05) is 13.1 Å². The molecule has 1 unspecified atom stereocenters. The first-order valence-electron chi connectivity index (χ1n) is 5.81. The summed E-state index contributed by atoms with van der Waals surface area (Å²) in [7, 11) is 0. The second-order valence-electron chi connectivity index (χ2n) is 4.15. The average molecular weight is 223 g/mol. The van der Waals surface area contributed by atoms with Crippen molar-refractivity contribution in [1.29, 1.82) is 0 Å². The smallest absolute Gasteiger partial charge is 0.244 e. The highest BCUT2D eigenvalue weighted by Gasteiger charge is 2.27. The van der Waals surface area contributed by atoms with Crippen LogP contribution in [0.2, 0.25) is 0 Å². The van der Waals surface area contributed by atoms with E-state index in [4.69, 9.17) is 4.52 Å². The van der Waals surface area contributed by atoms with Gasteiger partial charge in [-0.15, -0.1) is 0 Å². The fraction of sp³-hybridized carbons (Fsp3) is 0.727. The highest BCUT2D eigenvalue weighted by atomic mass is 16.5. The van der Waals surface area contributed by atoms with Crippen LogP contribution < -0.4 is 0 Å². The number of carbonyl (C=O) groups excluding carboxylic acids is 1. The second kappa shape index (κ2) is 4.74. The van der Waals surface area contributed by atoms with Gasteiger partial charge >= 0.3 is 0 Å². The van der Waals surface area contributed by atoms with Gasteiger partial charge in [-0.3, -0.25) is 9.69 Å². The Balaban J connectivity index is 2.17. The Morgan fingerprint density at radius 2 is 2.38 bits per heavy atom. The van der Waals surface area contributed by atoms with Gasteiger partial charge in [0.15, 0.2) is 0 Å². The highest BCUT2D eigenvalue weighted by molar-refractivity contribution is 5.89. The molecule has 1 aromatic rings. The molecule has 0 N–H and O–H groups in total. The maximum Gasteiger partial charge on any atom is 0.244 e. The van der Waals surface area contributed by atoms with E-state index < -0.39 is 0 Å². The molecule has 0 saturated carbocycles. The minimum Gasteiger partial charge on any atom is -0.337 e. The molecule has 2 rings (SSSR count). The Morgan fingerprint density at radius 3 is 3.00 bits per heavy atom. The zero-order chi connectivity index (χ0) is 11.5. The third-order valence-electron chi connectivity index (χ3n) is 3.06. The molecule has 0 aliphatic carbocycles. The molecule has 16 heavy (non-hydrogen) atoms. The molecule has 0 bridgehead atoms. The molecular weight excluding hydrogens is 206 g/mol. The highest BCUT2D eigenvalue weighted by Crippen LogP contribution is 2.29. The van der Waals surface area contributed by atoms with E-state index in [9.17, 15) is 4.79 Å². The monoisotopic (exact) mass is 223 g/mol. The number of carbonyl (C=O) groups is 1. The molecule has 5 nitrogen and oxygen atoms in total. The van der Waals surface area contributed by atoms with Crippen molar-refractivity contribution in [2.24, 2.45) is 0 Å². The maximum atomic E-state index is 11.1. The van der Waals surface area contributed by atoms with Crippen LogP contribution in [0.4, 0.5) is 0 Å². The number of piperidine rings is 1. The average Bonchev–Trinajstić information content (AvgIpc) is 2.78. The Kier molecular flexibility index (Phi) is 3.33. The van der Waals surface area contributed by atoms with E-state index in [-0.39, 0.29) is 17.6 Å². The largest absolute Gasteiger partial charge is 0.337 e. The van der Waals surface area contributed by atoms with E-state index in [0.29, 0.717) is 5.89 Å². The molecule has 0 spiro atoms. The molecule has 1 atom stereocenters. The van der Waals surface area contributed by atoms with Crippen LogP contribution in [0.1, 0.15) is 55.7 Å². The SMILES string of the molecule is CCN1CCCCC1c1nc(C(C)=O)no1. The topological polar surface area (TPSA) is 59.2 Å². The molecule has 0 aromatic carbocycles. The van der Waals surface area contributed by atoms with Crippen molar-refractivity contribution >= 4 is 5.78 Å². The van der Waals surface area contributed by atoms with E-state index in [2.05, 4.69) is 22.0 Å². The van der Waals surface area contributed by atoms with Gasteiger partial charge in [-0.2, -0.15) is 4.98 Å². The fourth-order valence-electron chi connectivity index (χ4n) is 2.16. The molecule has 1 aromatic heterocycles. The molecule has 1 saturated heterocycles. The van der Waals surface area contributed by atoms with Crippen LogP contribution in [0.3, 0.4) is 0 Å². The number of aromatic nitrogens is 2. The number of hydrogen-bond donors (Lipinski definition) is 0. The van der Waals surface area contributed by atoms with E-state index in [0.717, 1.165) is 19.5 Å². The van der Waals surface area contributed by atoms with Crippen molar-refractivity contribution < 1.29 is 9.32 Å². The van der Waals surface area contributed by atoms with E-state index in [1.165, 1.54) is 19.8 Å². The first kappa shape index (κ1) is 11.3. The second-order valence-corrected chi connectivity index (χ2v) is 4.15. The Bertz CT molecular complexity index is 375. The fourth-order valence-corrected chi connectivity index (χ4v) is 2.16. The van der Waals surface area contributed by atoms with Gasteiger partial charge in [-0.05, 0) is 25.9 Å². The molecule has 2 heterocycles. The molecule has 88 valence electrons. The summed E-state index contributed by atoms with van der Waals surface area (Å²) in [5.41, 5.74) is 0. The van der Waals surface area contributed by atoms with Gasteiger partial charge < -0.3 is 4.52 Å². The summed E-state index contributed by atoms with van der Waals surface area (Å²) >= 11 is 0.